The maximum absolute atomic E-state index is 5.26. The van der Waals surface area contributed by atoms with Crippen LogP contribution in [0.25, 0.3) is 0 Å². The molecular formula is C8H16S2. The van der Waals surface area contributed by atoms with Gasteiger partial charge < -0.3 is 0 Å². The molecule has 0 N–H and O–H groups in total. The molecule has 10 heavy (non-hydrogen) atoms. The summed E-state index contributed by atoms with van der Waals surface area (Å²) < 4.78 is 0. The monoisotopic (exact) mass is 176 g/mol. The van der Waals surface area contributed by atoms with Crippen molar-refractivity contribution in [2.45, 2.75) is 20.8 Å². The van der Waals surface area contributed by atoms with Crippen LogP contribution >= 0.6 is 0 Å². The third-order valence-corrected chi connectivity index (χ3v) is 3.54. The predicted octanol–water partition coefficient (Wildman–Crippen LogP) is 2.30. The van der Waals surface area contributed by atoms with Crippen molar-refractivity contribution in [2.75, 3.05) is 11.5 Å². The van der Waals surface area contributed by atoms with Crippen LogP contribution in [-0.2, 0) is 20.6 Å². The van der Waals surface area contributed by atoms with Gasteiger partial charge >= 0.3 is 0 Å². The summed E-state index contributed by atoms with van der Waals surface area (Å²) in [5.41, 5.74) is 1.22. The maximum atomic E-state index is 5.26. The summed E-state index contributed by atoms with van der Waals surface area (Å²) in [6.07, 6.45) is 0. The van der Waals surface area contributed by atoms with Gasteiger partial charge in [-0.1, -0.05) is 37.2 Å². The molecule has 0 rings (SSSR count). The Morgan fingerprint density at radius 3 is 2.40 bits per heavy atom. The lowest BCUT2D eigenvalue weighted by molar-refractivity contribution is 0.749. The van der Waals surface area contributed by atoms with Crippen molar-refractivity contribution in [3.63, 3.8) is 0 Å². The Labute approximate surface area is 71.3 Å². The molecule has 60 valence electrons. The van der Waals surface area contributed by atoms with Crippen molar-refractivity contribution < 1.29 is 0 Å². The molecule has 0 spiro atoms. The van der Waals surface area contributed by atoms with Crippen molar-refractivity contribution in [2.24, 2.45) is 5.92 Å². The van der Waals surface area contributed by atoms with Gasteiger partial charge in [0.1, 0.15) is 0 Å². The average molecular weight is 176 g/mol. The van der Waals surface area contributed by atoms with Crippen molar-refractivity contribution in [3.8, 4) is 0 Å². The largest absolute Gasteiger partial charge is 0.117 e. The summed E-state index contributed by atoms with van der Waals surface area (Å²) in [6.45, 7) is 10.3. The Bertz CT molecular complexity index is 136. The van der Waals surface area contributed by atoms with Crippen LogP contribution in [0.1, 0.15) is 20.8 Å². The standard InChI is InChI=1S/C8H16S2/c1-7(2)5-10(9)6-8(3)4/h8H,1,5-6H2,2-4H3. The van der Waals surface area contributed by atoms with Crippen LogP contribution < -0.4 is 0 Å². The number of hydrogen-bond acceptors (Lipinski definition) is 1. The minimum absolute atomic E-state index is 0.154. The summed E-state index contributed by atoms with van der Waals surface area (Å²) in [4.78, 5) is 0. The molecule has 0 aliphatic rings. The molecule has 0 amide bonds. The van der Waals surface area contributed by atoms with Gasteiger partial charge in [-0.3, -0.25) is 0 Å². The zero-order valence-electron chi connectivity index (χ0n) is 7.02. The van der Waals surface area contributed by atoms with Crippen LogP contribution in [0.15, 0.2) is 12.2 Å². The van der Waals surface area contributed by atoms with Crippen molar-refractivity contribution in [3.05, 3.63) is 12.2 Å². The van der Waals surface area contributed by atoms with Crippen LogP contribution in [0.3, 0.4) is 0 Å². The normalized spacial score (nSPS) is 13.6. The first-order valence-corrected chi connectivity index (χ1v) is 6.00. The Kier molecular flexibility index (Phi) is 5.18. The van der Waals surface area contributed by atoms with Crippen LogP contribution in [0, 0.1) is 5.92 Å². The summed E-state index contributed by atoms with van der Waals surface area (Å²) in [6, 6.07) is 0. The molecule has 0 saturated carbocycles. The molecule has 0 radical (unpaired) electrons. The average Bonchev–Trinajstić information content (AvgIpc) is 1.58. The first kappa shape index (κ1) is 10.3. The maximum Gasteiger partial charge on any atom is 0.0184 e. The van der Waals surface area contributed by atoms with E-state index in [0.29, 0.717) is 0 Å². The lowest BCUT2D eigenvalue weighted by Gasteiger charge is -2.06. The molecule has 0 aromatic heterocycles. The van der Waals surface area contributed by atoms with E-state index in [1.807, 2.05) is 6.92 Å². The van der Waals surface area contributed by atoms with E-state index in [9.17, 15) is 0 Å². The van der Waals surface area contributed by atoms with E-state index < -0.39 is 0 Å². The zero-order valence-corrected chi connectivity index (χ0v) is 8.65. The quantitative estimate of drug-likeness (QED) is 0.592. The Balaban J connectivity index is 3.54. The highest BCUT2D eigenvalue weighted by atomic mass is 32.8. The SMILES string of the molecule is C=C(C)CS(=S)CC(C)C. The van der Waals surface area contributed by atoms with Crippen LogP contribution in [0.4, 0.5) is 0 Å². The molecule has 0 fully saturated rings. The summed E-state index contributed by atoms with van der Waals surface area (Å²) >= 11 is 5.26. The molecule has 0 aliphatic carbocycles. The lowest BCUT2D eigenvalue weighted by Crippen LogP contribution is -2.06. The molecule has 1 unspecified atom stereocenters. The molecule has 0 aliphatic heterocycles. The second-order valence-electron chi connectivity index (χ2n) is 3.10. The summed E-state index contributed by atoms with van der Waals surface area (Å²) in [5, 5.41) is 0. The summed E-state index contributed by atoms with van der Waals surface area (Å²) in [7, 11) is 0.154. The summed E-state index contributed by atoms with van der Waals surface area (Å²) in [5.74, 6) is 2.94. The second kappa shape index (κ2) is 5.03. The Morgan fingerprint density at radius 2 is 2.10 bits per heavy atom. The van der Waals surface area contributed by atoms with Crippen molar-refractivity contribution in [1.82, 2.24) is 0 Å². The van der Waals surface area contributed by atoms with E-state index in [0.717, 1.165) is 11.7 Å². The van der Waals surface area contributed by atoms with Gasteiger partial charge in [-0.05, 0) is 12.8 Å². The molecule has 1 atom stereocenters. The van der Waals surface area contributed by atoms with Crippen LogP contribution in [0.5, 0.6) is 0 Å². The van der Waals surface area contributed by atoms with Crippen molar-refractivity contribution in [1.29, 1.82) is 0 Å². The van der Waals surface area contributed by atoms with Gasteiger partial charge in [0.25, 0.3) is 0 Å². The van der Waals surface area contributed by atoms with Gasteiger partial charge in [0.15, 0.2) is 0 Å². The van der Waals surface area contributed by atoms with E-state index in [4.69, 9.17) is 11.2 Å². The molecular weight excluding hydrogens is 160 g/mol. The third kappa shape index (κ3) is 6.43. The van der Waals surface area contributed by atoms with E-state index in [2.05, 4.69) is 20.4 Å². The van der Waals surface area contributed by atoms with E-state index in [-0.39, 0.29) is 9.45 Å². The highest BCUT2D eigenvalue weighted by Gasteiger charge is 1.98. The fourth-order valence-corrected chi connectivity index (χ4v) is 3.54. The lowest BCUT2D eigenvalue weighted by atomic mass is 10.3. The molecule has 0 aromatic carbocycles. The smallest absolute Gasteiger partial charge is 0.0184 e. The van der Waals surface area contributed by atoms with Gasteiger partial charge in [-0.25, -0.2) is 0 Å². The zero-order chi connectivity index (χ0) is 8.15. The van der Waals surface area contributed by atoms with E-state index in [1.165, 1.54) is 11.3 Å². The highest BCUT2D eigenvalue weighted by molar-refractivity contribution is 8.28. The minimum atomic E-state index is 0.154. The molecule has 0 saturated heterocycles. The fraction of sp³-hybridized carbons (Fsp3) is 0.750. The fourth-order valence-electron chi connectivity index (χ4n) is 0.706. The van der Waals surface area contributed by atoms with Gasteiger partial charge in [0.05, 0.1) is 0 Å². The Morgan fingerprint density at radius 1 is 1.60 bits per heavy atom. The molecule has 0 aromatic rings. The van der Waals surface area contributed by atoms with E-state index in [1.54, 1.807) is 0 Å². The highest BCUT2D eigenvalue weighted by Crippen LogP contribution is 2.00. The van der Waals surface area contributed by atoms with Crippen LogP contribution in [0.2, 0.25) is 0 Å². The first-order valence-electron chi connectivity index (χ1n) is 3.51. The third-order valence-electron chi connectivity index (χ3n) is 0.927. The number of hydrogen-bond donors (Lipinski definition) is 0. The molecule has 0 nitrogen and oxygen atoms in total. The topological polar surface area (TPSA) is 0 Å². The molecule has 0 heterocycles. The molecule has 0 bridgehead atoms. The second-order valence-corrected chi connectivity index (χ2v) is 6.02. The van der Waals surface area contributed by atoms with Crippen molar-refractivity contribution >= 4 is 20.6 Å². The van der Waals surface area contributed by atoms with Gasteiger partial charge in [0, 0.05) is 11.5 Å². The predicted molar refractivity (Wildman–Crippen MR) is 54.1 cm³/mol. The number of rotatable bonds is 4. The van der Waals surface area contributed by atoms with Gasteiger partial charge in [-0.15, -0.1) is 9.45 Å². The first-order chi connectivity index (χ1) is 4.52. The van der Waals surface area contributed by atoms with Gasteiger partial charge in [0.2, 0.25) is 0 Å². The minimum Gasteiger partial charge on any atom is -0.117 e. The van der Waals surface area contributed by atoms with Gasteiger partial charge in [-0.2, -0.15) is 0 Å². The Hall–Kier alpha value is 0.310. The van der Waals surface area contributed by atoms with E-state index >= 15 is 0 Å². The molecule has 2 heteroatoms. The van der Waals surface area contributed by atoms with Crippen LogP contribution in [-0.4, -0.2) is 11.5 Å².